The van der Waals surface area contributed by atoms with Gasteiger partial charge in [-0.25, -0.2) is 0 Å². The molecule has 1 amide bonds. The van der Waals surface area contributed by atoms with E-state index in [0.29, 0.717) is 26.3 Å². The highest BCUT2D eigenvalue weighted by molar-refractivity contribution is 5.95. The molecule has 166 valence electrons. The van der Waals surface area contributed by atoms with E-state index in [4.69, 9.17) is 4.74 Å². The first-order valence-electron chi connectivity index (χ1n) is 11.8. The molecule has 3 aromatic rings. The maximum Gasteiger partial charge on any atom is 0.254 e. The SMILES string of the molecule is O=C(c1ccccc1CN1CCCC1)N1CCOCC(Cc2cccc3ccncc23)C1. The van der Waals surface area contributed by atoms with Gasteiger partial charge in [-0.3, -0.25) is 14.7 Å². The number of carbonyl (C=O) groups excluding carboxylic acids is 1. The van der Waals surface area contributed by atoms with Crippen LogP contribution in [0.2, 0.25) is 0 Å². The lowest BCUT2D eigenvalue weighted by atomic mass is 9.95. The minimum atomic E-state index is 0.134. The summed E-state index contributed by atoms with van der Waals surface area (Å²) in [5.74, 6) is 0.396. The van der Waals surface area contributed by atoms with Crippen molar-refractivity contribution >= 4 is 16.7 Å². The number of likely N-dealkylation sites (tertiary alicyclic amines) is 1. The number of nitrogens with zero attached hydrogens (tertiary/aromatic N) is 3. The van der Waals surface area contributed by atoms with Crippen LogP contribution in [0.3, 0.4) is 0 Å². The van der Waals surface area contributed by atoms with Crippen LogP contribution in [0.1, 0.15) is 34.3 Å². The predicted octanol–water partition coefficient (Wildman–Crippen LogP) is 4.16. The summed E-state index contributed by atoms with van der Waals surface area (Å²) in [5, 5.41) is 2.39. The lowest BCUT2D eigenvalue weighted by Crippen LogP contribution is -2.37. The fourth-order valence-corrected chi connectivity index (χ4v) is 5.07. The van der Waals surface area contributed by atoms with Crippen molar-refractivity contribution in [3.05, 3.63) is 77.6 Å². The zero-order chi connectivity index (χ0) is 21.8. The molecule has 2 saturated heterocycles. The summed E-state index contributed by atoms with van der Waals surface area (Å²) in [7, 11) is 0. The number of amides is 1. The van der Waals surface area contributed by atoms with Crippen LogP contribution in [-0.2, 0) is 17.7 Å². The normalized spacial score (nSPS) is 19.9. The van der Waals surface area contributed by atoms with Crippen LogP contribution < -0.4 is 0 Å². The quantitative estimate of drug-likeness (QED) is 0.611. The van der Waals surface area contributed by atoms with Crippen LogP contribution in [0.25, 0.3) is 10.8 Å². The van der Waals surface area contributed by atoms with Gasteiger partial charge in [-0.05, 0) is 61.0 Å². The molecule has 5 nitrogen and oxygen atoms in total. The number of pyridine rings is 1. The van der Waals surface area contributed by atoms with Gasteiger partial charge in [0.1, 0.15) is 0 Å². The van der Waals surface area contributed by atoms with E-state index in [-0.39, 0.29) is 11.8 Å². The van der Waals surface area contributed by atoms with E-state index in [1.165, 1.54) is 29.2 Å². The zero-order valence-electron chi connectivity index (χ0n) is 18.6. The summed E-state index contributed by atoms with van der Waals surface area (Å²) in [5.41, 5.74) is 3.25. The van der Waals surface area contributed by atoms with Gasteiger partial charge in [-0.2, -0.15) is 0 Å². The molecular formula is C27H31N3O2. The summed E-state index contributed by atoms with van der Waals surface area (Å²) in [6.07, 6.45) is 7.17. The molecule has 32 heavy (non-hydrogen) atoms. The number of rotatable bonds is 5. The molecule has 2 aromatic carbocycles. The molecule has 2 aliphatic rings. The van der Waals surface area contributed by atoms with Crippen molar-refractivity contribution in [2.75, 3.05) is 39.4 Å². The minimum absolute atomic E-state index is 0.134. The van der Waals surface area contributed by atoms with E-state index in [9.17, 15) is 4.79 Å². The van der Waals surface area contributed by atoms with E-state index in [2.05, 4.69) is 40.2 Å². The Kier molecular flexibility index (Phi) is 6.46. The maximum absolute atomic E-state index is 13.6. The number of aromatic nitrogens is 1. The molecule has 1 unspecified atom stereocenters. The number of carbonyl (C=O) groups is 1. The van der Waals surface area contributed by atoms with Gasteiger partial charge in [0.05, 0.1) is 13.2 Å². The maximum atomic E-state index is 13.6. The van der Waals surface area contributed by atoms with Crippen LogP contribution in [-0.4, -0.2) is 60.1 Å². The Morgan fingerprint density at radius 2 is 1.84 bits per heavy atom. The first kappa shape index (κ1) is 21.1. The van der Waals surface area contributed by atoms with Crippen molar-refractivity contribution in [3.63, 3.8) is 0 Å². The second-order valence-electron chi connectivity index (χ2n) is 9.05. The number of ether oxygens (including phenoxy) is 1. The van der Waals surface area contributed by atoms with E-state index < -0.39 is 0 Å². The fourth-order valence-electron chi connectivity index (χ4n) is 5.07. The topological polar surface area (TPSA) is 45.7 Å². The first-order chi connectivity index (χ1) is 15.8. The van der Waals surface area contributed by atoms with E-state index >= 15 is 0 Å². The van der Waals surface area contributed by atoms with Gasteiger partial charge in [0.25, 0.3) is 5.91 Å². The highest BCUT2D eigenvalue weighted by Gasteiger charge is 2.26. The van der Waals surface area contributed by atoms with Crippen molar-refractivity contribution in [3.8, 4) is 0 Å². The van der Waals surface area contributed by atoms with Gasteiger partial charge in [0, 0.05) is 48.9 Å². The molecule has 3 heterocycles. The molecule has 0 saturated carbocycles. The molecule has 0 N–H and O–H groups in total. The highest BCUT2D eigenvalue weighted by atomic mass is 16.5. The van der Waals surface area contributed by atoms with Crippen molar-refractivity contribution in [2.24, 2.45) is 5.92 Å². The molecule has 0 bridgehead atoms. The largest absolute Gasteiger partial charge is 0.379 e. The summed E-state index contributed by atoms with van der Waals surface area (Å²) in [4.78, 5) is 22.4. The Hall–Kier alpha value is -2.76. The lowest BCUT2D eigenvalue weighted by Gasteiger charge is -2.26. The van der Waals surface area contributed by atoms with Gasteiger partial charge in [-0.1, -0.05) is 36.4 Å². The van der Waals surface area contributed by atoms with Crippen molar-refractivity contribution in [1.82, 2.24) is 14.8 Å². The number of hydrogen-bond donors (Lipinski definition) is 0. The van der Waals surface area contributed by atoms with Gasteiger partial charge < -0.3 is 9.64 Å². The second kappa shape index (κ2) is 9.80. The highest BCUT2D eigenvalue weighted by Crippen LogP contribution is 2.24. The first-order valence-corrected chi connectivity index (χ1v) is 11.8. The van der Waals surface area contributed by atoms with Crippen LogP contribution >= 0.6 is 0 Å². The molecule has 2 fully saturated rings. The van der Waals surface area contributed by atoms with Gasteiger partial charge in [-0.15, -0.1) is 0 Å². The standard InChI is InChI=1S/C27H31N3O2/c31-27(25-9-2-1-6-24(25)19-29-12-3-4-13-29)30-14-15-32-20-21(18-30)16-23-8-5-7-22-10-11-28-17-26(22)23/h1-2,5-11,17,21H,3-4,12-16,18-20H2. The summed E-state index contributed by atoms with van der Waals surface area (Å²) < 4.78 is 5.93. The van der Waals surface area contributed by atoms with E-state index in [0.717, 1.165) is 37.2 Å². The third-order valence-corrected chi connectivity index (χ3v) is 6.75. The Balaban J connectivity index is 1.33. The lowest BCUT2D eigenvalue weighted by molar-refractivity contribution is 0.0735. The van der Waals surface area contributed by atoms with E-state index in [1.54, 1.807) is 0 Å². The molecule has 0 radical (unpaired) electrons. The summed E-state index contributed by atoms with van der Waals surface area (Å²) in [6, 6.07) is 16.6. The average Bonchev–Trinajstić information content (AvgIpc) is 3.23. The number of benzene rings is 2. The Bertz CT molecular complexity index is 1070. The van der Waals surface area contributed by atoms with Crippen molar-refractivity contribution in [1.29, 1.82) is 0 Å². The second-order valence-corrected chi connectivity index (χ2v) is 9.05. The summed E-state index contributed by atoms with van der Waals surface area (Å²) in [6.45, 7) is 5.74. The zero-order valence-corrected chi connectivity index (χ0v) is 18.6. The third-order valence-electron chi connectivity index (χ3n) is 6.75. The Morgan fingerprint density at radius 1 is 1.00 bits per heavy atom. The smallest absolute Gasteiger partial charge is 0.254 e. The van der Waals surface area contributed by atoms with Crippen LogP contribution in [0, 0.1) is 5.92 Å². The number of fused-ring (bicyclic) bond motifs is 1. The molecule has 1 atom stereocenters. The molecular weight excluding hydrogens is 398 g/mol. The Labute approximate surface area is 190 Å². The molecule has 5 rings (SSSR count). The van der Waals surface area contributed by atoms with Crippen molar-refractivity contribution < 1.29 is 9.53 Å². The molecule has 0 spiro atoms. The van der Waals surface area contributed by atoms with Crippen LogP contribution in [0.5, 0.6) is 0 Å². The van der Waals surface area contributed by atoms with Gasteiger partial charge in [0.15, 0.2) is 0 Å². The molecule has 5 heteroatoms. The van der Waals surface area contributed by atoms with Gasteiger partial charge in [0.2, 0.25) is 0 Å². The summed E-state index contributed by atoms with van der Waals surface area (Å²) >= 11 is 0. The monoisotopic (exact) mass is 429 g/mol. The average molecular weight is 430 g/mol. The molecule has 1 aromatic heterocycles. The number of hydrogen-bond acceptors (Lipinski definition) is 4. The molecule has 0 aliphatic carbocycles. The fraction of sp³-hybridized carbons (Fsp3) is 0.407. The van der Waals surface area contributed by atoms with E-state index in [1.807, 2.05) is 35.5 Å². The van der Waals surface area contributed by atoms with Crippen LogP contribution in [0.15, 0.2) is 60.9 Å². The van der Waals surface area contributed by atoms with Gasteiger partial charge >= 0.3 is 0 Å². The Morgan fingerprint density at radius 3 is 2.75 bits per heavy atom. The van der Waals surface area contributed by atoms with Crippen LogP contribution in [0.4, 0.5) is 0 Å². The predicted molar refractivity (Wildman–Crippen MR) is 127 cm³/mol. The van der Waals surface area contributed by atoms with Crippen molar-refractivity contribution in [2.45, 2.75) is 25.8 Å². The minimum Gasteiger partial charge on any atom is -0.379 e. The molecule has 2 aliphatic heterocycles. The third kappa shape index (κ3) is 4.69.